The Morgan fingerprint density at radius 1 is 1.04 bits per heavy atom. The van der Waals surface area contributed by atoms with Crippen molar-refractivity contribution in [2.24, 2.45) is 5.92 Å². The summed E-state index contributed by atoms with van der Waals surface area (Å²) in [5.74, 6) is 2.96. The van der Waals surface area contributed by atoms with Crippen LogP contribution in [0.5, 0.6) is 11.5 Å². The first-order chi connectivity index (χ1) is 11.8. The van der Waals surface area contributed by atoms with Crippen LogP contribution in [0.1, 0.15) is 47.4 Å². The van der Waals surface area contributed by atoms with Crippen LogP contribution in [-0.4, -0.2) is 5.11 Å². The van der Waals surface area contributed by atoms with E-state index in [-0.39, 0.29) is 0 Å². The van der Waals surface area contributed by atoms with Gasteiger partial charge in [-0.1, -0.05) is 24.3 Å². The van der Waals surface area contributed by atoms with E-state index < -0.39 is 0 Å². The monoisotopic (exact) mass is 430 g/mol. The van der Waals surface area contributed by atoms with E-state index in [1.165, 1.54) is 40.7 Å². The van der Waals surface area contributed by atoms with Gasteiger partial charge in [-0.05, 0) is 83.9 Å². The van der Waals surface area contributed by atoms with Crippen molar-refractivity contribution in [2.75, 3.05) is 0 Å². The zero-order valence-corrected chi connectivity index (χ0v) is 15.5. The van der Waals surface area contributed by atoms with Crippen molar-refractivity contribution in [3.8, 4) is 22.6 Å². The number of phenolic OH excluding ortho intramolecular Hbond substituents is 1. The summed E-state index contributed by atoms with van der Waals surface area (Å²) in [4.78, 5) is 0. The molecule has 0 aromatic heterocycles. The van der Waals surface area contributed by atoms with E-state index in [0.717, 1.165) is 36.5 Å². The number of rotatable bonds is 2. The van der Waals surface area contributed by atoms with Crippen LogP contribution in [0.15, 0.2) is 30.3 Å². The molecule has 0 heterocycles. The number of allylic oxidation sites excluding steroid dienone is 1. The molecule has 3 heteroatoms. The number of benzene rings is 2. The van der Waals surface area contributed by atoms with Gasteiger partial charge in [-0.15, -0.1) is 0 Å². The third-order valence-electron chi connectivity index (χ3n) is 6.12. The van der Waals surface area contributed by atoms with E-state index in [1.807, 2.05) is 29.1 Å². The largest absolute Gasteiger partial charge is 0.508 e. The number of hydrogen-bond acceptors (Lipinski definition) is 2. The molecule has 0 radical (unpaired) electrons. The molecule has 3 aliphatic rings. The van der Waals surface area contributed by atoms with E-state index >= 15 is 0 Å². The summed E-state index contributed by atoms with van der Waals surface area (Å²) in [6.07, 6.45) is 10.1. The summed E-state index contributed by atoms with van der Waals surface area (Å²) >= 11 is 2.00. The molecule has 3 aliphatic carbocycles. The quantitative estimate of drug-likeness (QED) is 0.611. The van der Waals surface area contributed by atoms with Crippen molar-refractivity contribution in [3.05, 3.63) is 52.6 Å². The Kier molecular flexibility index (Phi) is 3.40. The van der Waals surface area contributed by atoms with Gasteiger partial charge in [0.2, 0.25) is 0 Å². The zero-order chi connectivity index (χ0) is 16.3. The van der Waals surface area contributed by atoms with Gasteiger partial charge in [0.1, 0.15) is 11.5 Å². The molecular weight excluding hydrogens is 411 g/mol. The van der Waals surface area contributed by atoms with Crippen LogP contribution >= 0.6 is 23.0 Å². The molecule has 2 nitrogen and oxygen atoms in total. The molecule has 2 unspecified atom stereocenters. The number of phenols is 1. The minimum Gasteiger partial charge on any atom is -0.508 e. The van der Waals surface area contributed by atoms with Crippen LogP contribution in [0.3, 0.4) is 0 Å². The lowest BCUT2D eigenvalue weighted by molar-refractivity contribution is 0.281. The van der Waals surface area contributed by atoms with Crippen molar-refractivity contribution < 1.29 is 8.17 Å². The summed E-state index contributed by atoms with van der Waals surface area (Å²) in [5.41, 5.74) is 7.83. The number of aromatic hydroxyl groups is 1. The maximum atomic E-state index is 10.3. The first-order valence-corrected chi connectivity index (χ1v) is 9.62. The summed E-state index contributed by atoms with van der Waals surface area (Å²) in [6, 6.07) is 8.31. The Morgan fingerprint density at radius 2 is 1.92 bits per heavy atom. The van der Waals surface area contributed by atoms with Gasteiger partial charge in [0.15, 0.2) is 23.0 Å². The van der Waals surface area contributed by atoms with Crippen LogP contribution < -0.4 is 3.07 Å². The van der Waals surface area contributed by atoms with Crippen LogP contribution in [-0.2, 0) is 12.8 Å². The molecule has 1 fully saturated rings. The highest BCUT2D eigenvalue weighted by Gasteiger charge is 2.42. The lowest BCUT2D eigenvalue weighted by atomic mass is 9.72. The summed E-state index contributed by atoms with van der Waals surface area (Å²) in [6.45, 7) is 0. The van der Waals surface area contributed by atoms with E-state index in [9.17, 15) is 5.11 Å². The molecule has 0 amide bonds. The van der Waals surface area contributed by atoms with Crippen molar-refractivity contribution in [3.63, 3.8) is 0 Å². The van der Waals surface area contributed by atoms with Crippen LogP contribution in [0.2, 0.25) is 0 Å². The molecule has 5 rings (SSSR count). The fraction of sp³-hybridized carbons (Fsp3) is 0.333. The van der Waals surface area contributed by atoms with Gasteiger partial charge in [-0.3, -0.25) is 0 Å². The maximum Gasteiger partial charge on any atom is 0.192 e. The average molecular weight is 430 g/mol. The molecule has 0 spiro atoms. The molecule has 1 N–H and O–H groups in total. The Hall–Kier alpha value is -1.49. The molecule has 122 valence electrons. The van der Waals surface area contributed by atoms with E-state index in [1.54, 1.807) is 0 Å². The van der Waals surface area contributed by atoms with Gasteiger partial charge in [0.25, 0.3) is 0 Å². The van der Waals surface area contributed by atoms with Gasteiger partial charge in [0, 0.05) is 5.56 Å². The summed E-state index contributed by atoms with van der Waals surface area (Å²) < 4.78 is 5.62. The first kappa shape index (κ1) is 14.8. The van der Waals surface area contributed by atoms with Crippen molar-refractivity contribution in [1.29, 1.82) is 0 Å². The molecule has 0 bridgehead atoms. The fourth-order valence-electron chi connectivity index (χ4n) is 4.81. The molecule has 2 aromatic rings. The number of hydrogen-bond donors (Lipinski definition) is 1. The molecule has 0 aliphatic heterocycles. The smallest absolute Gasteiger partial charge is 0.192 e. The molecule has 2 atom stereocenters. The van der Waals surface area contributed by atoms with E-state index in [0.29, 0.717) is 11.7 Å². The van der Waals surface area contributed by atoms with Gasteiger partial charge in [0.05, 0.1) is 0 Å². The number of halogens is 1. The standard InChI is InChI=1S/C21H19IO2/c22-24-20-10-8-17(21-13-6-5-12(13)11-18(20)21)15-7-9-19(23)16-4-2-1-3-14(15)16/h1,3,7-10,12-13,23H,2,4-6,11H2. The van der Waals surface area contributed by atoms with Crippen LogP contribution in [0, 0.1) is 5.92 Å². The van der Waals surface area contributed by atoms with Gasteiger partial charge in [-0.2, -0.15) is 0 Å². The molecule has 0 saturated heterocycles. The maximum absolute atomic E-state index is 10.3. The van der Waals surface area contributed by atoms with Crippen LogP contribution in [0.4, 0.5) is 0 Å². The van der Waals surface area contributed by atoms with Crippen molar-refractivity contribution in [2.45, 2.75) is 38.0 Å². The predicted molar refractivity (Wildman–Crippen MR) is 105 cm³/mol. The molecule has 24 heavy (non-hydrogen) atoms. The predicted octanol–water partition coefficient (Wildman–Crippen LogP) is 5.80. The first-order valence-electron chi connectivity index (χ1n) is 8.74. The third kappa shape index (κ3) is 2.00. The third-order valence-corrected chi connectivity index (χ3v) is 6.59. The van der Waals surface area contributed by atoms with Gasteiger partial charge >= 0.3 is 0 Å². The van der Waals surface area contributed by atoms with Gasteiger partial charge < -0.3 is 8.17 Å². The molecular formula is C21H19IO2. The summed E-state index contributed by atoms with van der Waals surface area (Å²) in [5, 5.41) is 10.3. The highest BCUT2D eigenvalue weighted by Crippen LogP contribution is 2.56. The lowest BCUT2D eigenvalue weighted by Crippen LogP contribution is -2.19. The Balaban J connectivity index is 1.75. The minimum absolute atomic E-state index is 0.434. The second-order valence-corrected chi connectivity index (χ2v) is 7.63. The highest BCUT2D eigenvalue weighted by molar-refractivity contribution is 14.1. The highest BCUT2D eigenvalue weighted by atomic mass is 127. The van der Waals surface area contributed by atoms with E-state index in [4.69, 9.17) is 3.07 Å². The SMILES string of the molecule is Oc1ccc(-c2ccc(OI)c3c2C2CCC2C3)c2c1CCC=C2. The van der Waals surface area contributed by atoms with Crippen LogP contribution in [0.25, 0.3) is 17.2 Å². The van der Waals surface area contributed by atoms with Crippen molar-refractivity contribution in [1.82, 2.24) is 0 Å². The Morgan fingerprint density at radius 3 is 2.71 bits per heavy atom. The molecule has 2 aromatic carbocycles. The van der Waals surface area contributed by atoms with E-state index in [2.05, 4.69) is 30.4 Å². The minimum atomic E-state index is 0.434. The normalized spacial score (nSPS) is 23.2. The second kappa shape index (κ2) is 5.51. The van der Waals surface area contributed by atoms with Gasteiger partial charge in [-0.25, -0.2) is 0 Å². The lowest BCUT2D eigenvalue weighted by Gasteiger charge is -2.32. The molecule has 1 saturated carbocycles. The Bertz CT molecular complexity index is 869. The zero-order valence-electron chi connectivity index (χ0n) is 13.4. The topological polar surface area (TPSA) is 29.5 Å². The fourth-order valence-corrected chi connectivity index (χ4v) is 5.22. The average Bonchev–Trinajstić information content (AvgIpc) is 2.86. The number of fused-ring (bicyclic) bond motifs is 4. The Labute approximate surface area is 156 Å². The van der Waals surface area contributed by atoms with Crippen molar-refractivity contribution >= 4 is 29.1 Å². The second-order valence-electron chi connectivity index (χ2n) is 7.19. The summed E-state index contributed by atoms with van der Waals surface area (Å²) in [7, 11) is 0.